The second-order valence-corrected chi connectivity index (χ2v) is 6.38. The van der Waals surface area contributed by atoms with E-state index >= 15 is 0 Å². The molecule has 0 aliphatic carbocycles. The van der Waals surface area contributed by atoms with Gasteiger partial charge in [-0.3, -0.25) is 14.5 Å². The van der Waals surface area contributed by atoms with Gasteiger partial charge in [0.1, 0.15) is 0 Å². The van der Waals surface area contributed by atoms with Crippen molar-refractivity contribution in [1.82, 2.24) is 14.7 Å². The van der Waals surface area contributed by atoms with Crippen LogP contribution in [0.1, 0.15) is 26.7 Å². The van der Waals surface area contributed by atoms with Crippen molar-refractivity contribution in [1.29, 1.82) is 0 Å². The van der Waals surface area contributed by atoms with Crippen LogP contribution in [0.15, 0.2) is 0 Å². The van der Waals surface area contributed by atoms with Crippen molar-refractivity contribution < 1.29 is 9.59 Å². The molecule has 0 saturated carbocycles. The van der Waals surface area contributed by atoms with E-state index in [-0.39, 0.29) is 11.8 Å². The van der Waals surface area contributed by atoms with Crippen LogP contribution in [0.25, 0.3) is 0 Å². The fourth-order valence-corrected chi connectivity index (χ4v) is 2.77. The zero-order valence-corrected chi connectivity index (χ0v) is 12.6. The van der Waals surface area contributed by atoms with E-state index in [4.69, 9.17) is 5.73 Å². The number of nitrogens with two attached hydrogens (primary N) is 1. The van der Waals surface area contributed by atoms with Crippen molar-refractivity contribution >= 4 is 11.8 Å². The number of rotatable bonds is 3. The van der Waals surface area contributed by atoms with Crippen molar-refractivity contribution in [2.75, 3.05) is 45.8 Å². The third kappa shape index (κ3) is 3.70. The smallest absolute Gasteiger partial charge is 0.242 e. The van der Waals surface area contributed by atoms with Crippen LogP contribution in [0.4, 0.5) is 0 Å². The Morgan fingerprint density at radius 2 is 1.50 bits per heavy atom. The third-order valence-electron chi connectivity index (χ3n) is 4.03. The summed E-state index contributed by atoms with van der Waals surface area (Å²) in [6, 6.07) is 0. The Balaban J connectivity index is 1.77. The first-order chi connectivity index (χ1) is 9.38. The Labute approximate surface area is 120 Å². The van der Waals surface area contributed by atoms with Crippen LogP contribution in [0.2, 0.25) is 0 Å². The second-order valence-electron chi connectivity index (χ2n) is 6.38. The molecule has 0 atom stereocenters. The summed E-state index contributed by atoms with van der Waals surface area (Å²) in [7, 11) is 0. The monoisotopic (exact) mass is 282 g/mol. The van der Waals surface area contributed by atoms with E-state index in [1.54, 1.807) is 18.7 Å². The molecule has 6 heteroatoms. The van der Waals surface area contributed by atoms with Gasteiger partial charge in [0.2, 0.25) is 11.8 Å². The molecule has 2 saturated heterocycles. The molecule has 0 unspecified atom stereocenters. The van der Waals surface area contributed by atoms with E-state index in [0.717, 1.165) is 39.0 Å². The standard InChI is InChI=1S/C14H26N4O2/c1-14(2,15)13(20)18-9-7-16(8-10-18)11-12(19)17-5-3-4-6-17/h3-11,15H2,1-2H3. The molecule has 2 aliphatic heterocycles. The van der Waals surface area contributed by atoms with E-state index in [9.17, 15) is 9.59 Å². The summed E-state index contributed by atoms with van der Waals surface area (Å²) >= 11 is 0. The molecular weight excluding hydrogens is 256 g/mol. The predicted molar refractivity (Wildman–Crippen MR) is 77.1 cm³/mol. The van der Waals surface area contributed by atoms with Gasteiger partial charge < -0.3 is 15.5 Å². The molecule has 20 heavy (non-hydrogen) atoms. The summed E-state index contributed by atoms with van der Waals surface area (Å²) in [6.45, 7) is 8.57. The highest BCUT2D eigenvalue weighted by Gasteiger charge is 2.31. The van der Waals surface area contributed by atoms with E-state index in [2.05, 4.69) is 4.90 Å². The van der Waals surface area contributed by atoms with Gasteiger partial charge in [-0.2, -0.15) is 0 Å². The molecule has 6 nitrogen and oxygen atoms in total. The molecule has 0 aromatic heterocycles. The van der Waals surface area contributed by atoms with Crippen LogP contribution in [0.3, 0.4) is 0 Å². The summed E-state index contributed by atoms with van der Waals surface area (Å²) in [5, 5.41) is 0. The van der Waals surface area contributed by atoms with Crippen LogP contribution in [0.5, 0.6) is 0 Å². The average Bonchev–Trinajstić information content (AvgIpc) is 2.91. The van der Waals surface area contributed by atoms with E-state index in [1.807, 2.05) is 4.90 Å². The van der Waals surface area contributed by atoms with Gasteiger partial charge in [0.15, 0.2) is 0 Å². The van der Waals surface area contributed by atoms with Crippen LogP contribution in [-0.4, -0.2) is 77.9 Å². The minimum atomic E-state index is -0.812. The molecular formula is C14H26N4O2. The number of piperazine rings is 1. The maximum atomic E-state index is 12.1. The summed E-state index contributed by atoms with van der Waals surface area (Å²) in [5.74, 6) is 0.212. The molecule has 0 aromatic carbocycles. The van der Waals surface area contributed by atoms with Crippen LogP contribution in [-0.2, 0) is 9.59 Å². The van der Waals surface area contributed by atoms with Crippen LogP contribution < -0.4 is 5.73 Å². The number of carbonyl (C=O) groups excluding carboxylic acids is 2. The maximum absolute atomic E-state index is 12.1. The number of likely N-dealkylation sites (tertiary alicyclic amines) is 1. The normalized spacial score (nSPS) is 21.4. The Morgan fingerprint density at radius 3 is 2.00 bits per heavy atom. The van der Waals surface area contributed by atoms with Gasteiger partial charge in [0, 0.05) is 39.3 Å². The Hall–Kier alpha value is -1.14. The molecule has 2 rings (SSSR count). The first-order valence-electron chi connectivity index (χ1n) is 7.46. The molecule has 0 radical (unpaired) electrons. The van der Waals surface area contributed by atoms with Gasteiger partial charge in [-0.15, -0.1) is 0 Å². The maximum Gasteiger partial charge on any atom is 0.242 e. The average molecular weight is 282 g/mol. The SMILES string of the molecule is CC(C)(N)C(=O)N1CCN(CC(=O)N2CCCC2)CC1. The quantitative estimate of drug-likeness (QED) is 0.757. The Morgan fingerprint density at radius 1 is 0.950 bits per heavy atom. The second kappa shape index (κ2) is 6.10. The topological polar surface area (TPSA) is 69.9 Å². The van der Waals surface area contributed by atoms with Gasteiger partial charge in [0.05, 0.1) is 12.1 Å². The van der Waals surface area contributed by atoms with E-state index < -0.39 is 5.54 Å². The van der Waals surface area contributed by atoms with Gasteiger partial charge >= 0.3 is 0 Å². The third-order valence-corrected chi connectivity index (χ3v) is 4.03. The molecule has 2 fully saturated rings. The van der Waals surface area contributed by atoms with Crippen molar-refractivity contribution in [3.05, 3.63) is 0 Å². The minimum Gasteiger partial charge on any atom is -0.342 e. The zero-order valence-electron chi connectivity index (χ0n) is 12.6. The number of hydrogen-bond donors (Lipinski definition) is 1. The lowest BCUT2D eigenvalue weighted by atomic mass is 10.0. The summed E-state index contributed by atoms with van der Waals surface area (Å²) < 4.78 is 0. The number of nitrogens with zero attached hydrogens (tertiary/aromatic N) is 3. The van der Waals surface area contributed by atoms with Crippen molar-refractivity contribution in [3.8, 4) is 0 Å². The fraction of sp³-hybridized carbons (Fsp3) is 0.857. The summed E-state index contributed by atoms with van der Waals surface area (Å²) in [5.41, 5.74) is 5.03. The van der Waals surface area contributed by atoms with Crippen LogP contribution in [0, 0.1) is 0 Å². The lowest BCUT2D eigenvalue weighted by Crippen LogP contribution is -2.57. The fourth-order valence-electron chi connectivity index (χ4n) is 2.77. The van der Waals surface area contributed by atoms with Gasteiger partial charge in [-0.1, -0.05) is 0 Å². The minimum absolute atomic E-state index is 0.0111. The predicted octanol–water partition coefficient (Wildman–Crippen LogP) is -0.510. The number of amides is 2. The molecule has 2 amide bonds. The molecule has 2 heterocycles. The molecule has 2 aliphatic rings. The first kappa shape index (κ1) is 15.3. The highest BCUT2D eigenvalue weighted by molar-refractivity contribution is 5.85. The molecule has 0 spiro atoms. The van der Waals surface area contributed by atoms with Crippen molar-refractivity contribution in [3.63, 3.8) is 0 Å². The molecule has 0 bridgehead atoms. The van der Waals surface area contributed by atoms with Crippen molar-refractivity contribution in [2.24, 2.45) is 5.73 Å². The highest BCUT2D eigenvalue weighted by Crippen LogP contribution is 2.11. The van der Waals surface area contributed by atoms with Crippen LogP contribution >= 0.6 is 0 Å². The summed E-state index contributed by atoms with van der Waals surface area (Å²) in [6.07, 6.45) is 2.25. The van der Waals surface area contributed by atoms with Gasteiger partial charge in [-0.05, 0) is 26.7 Å². The zero-order chi connectivity index (χ0) is 14.8. The number of hydrogen-bond acceptors (Lipinski definition) is 4. The highest BCUT2D eigenvalue weighted by atomic mass is 16.2. The van der Waals surface area contributed by atoms with E-state index in [1.165, 1.54) is 0 Å². The van der Waals surface area contributed by atoms with Gasteiger partial charge in [0.25, 0.3) is 0 Å². The van der Waals surface area contributed by atoms with Crippen molar-refractivity contribution in [2.45, 2.75) is 32.2 Å². The van der Waals surface area contributed by atoms with E-state index in [0.29, 0.717) is 19.6 Å². The lowest BCUT2D eigenvalue weighted by Gasteiger charge is -2.37. The Bertz CT molecular complexity index is 364. The number of carbonyl (C=O) groups is 2. The van der Waals surface area contributed by atoms with Gasteiger partial charge in [-0.25, -0.2) is 0 Å². The molecule has 2 N–H and O–H groups in total. The largest absolute Gasteiger partial charge is 0.342 e. The molecule has 114 valence electrons. The summed E-state index contributed by atoms with van der Waals surface area (Å²) in [4.78, 5) is 30.0. The Kier molecular flexibility index (Phi) is 4.65. The lowest BCUT2D eigenvalue weighted by molar-refractivity contribution is -0.138. The molecule has 0 aromatic rings. The first-order valence-corrected chi connectivity index (χ1v) is 7.46.